The van der Waals surface area contributed by atoms with Gasteiger partial charge in [0, 0.05) is 12.6 Å². The van der Waals surface area contributed by atoms with Gasteiger partial charge in [-0.15, -0.1) is 12.3 Å². The van der Waals surface area contributed by atoms with Crippen LogP contribution in [0.15, 0.2) is 18.3 Å². The van der Waals surface area contributed by atoms with E-state index >= 15 is 0 Å². The zero-order valence-electron chi connectivity index (χ0n) is 7.42. The fourth-order valence-corrected chi connectivity index (χ4v) is 1.36. The van der Waals surface area contributed by atoms with Crippen LogP contribution in [0.1, 0.15) is 18.2 Å². The number of rotatable bonds is 3. The number of aromatic nitrogens is 1. The lowest BCUT2D eigenvalue weighted by Crippen LogP contribution is -2.17. The van der Waals surface area contributed by atoms with Crippen molar-refractivity contribution in [1.82, 2.24) is 10.3 Å². The summed E-state index contributed by atoms with van der Waals surface area (Å²) in [5.74, 6) is 2.58. The van der Waals surface area contributed by atoms with Crippen molar-refractivity contribution < 1.29 is 0 Å². The molecule has 3 heteroatoms. The maximum atomic E-state index is 5.96. The summed E-state index contributed by atoms with van der Waals surface area (Å²) in [6.45, 7) is 0. The predicted octanol–water partition coefficient (Wildman–Crippen LogP) is 2.02. The molecule has 1 atom stereocenters. The van der Waals surface area contributed by atoms with Crippen LogP contribution in [0, 0.1) is 12.3 Å². The van der Waals surface area contributed by atoms with Gasteiger partial charge in [-0.1, -0.05) is 11.6 Å². The molecule has 0 aliphatic carbocycles. The quantitative estimate of drug-likeness (QED) is 0.745. The average Bonchev–Trinajstić information content (AvgIpc) is 2.16. The van der Waals surface area contributed by atoms with Gasteiger partial charge in [-0.25, -0.2) is 0 Å². The number of nitrogens with one attached hydrogen (secondary N) is 1. The summed E-state index contributed by atoms with van der Waals surface area (Å²) >= 11 is 5.96. The molecule has 0 radical (unpaired) electrons. The summed E-state index contributed by atoms with van der Waals surface area (Å²) < 4.78 is 0. The molecular weight excluding hydrogens is 184 g/mol. The van der Waals surface area contributed by atoms with Gasteiger partial charge in [0.25, 0.3) is 0 Å². The Morgan fingerprint density at radius 3 is 3.08 bits per heavy atom. The van der Waals surface area contributed by atoms with E-state index in [1.54, 1.807) is 12.3 Å². The molecule has 1 unspecified atom stereocenters. The molecule has 1 rings (SSSR count). The highest BCUT2D eigenvalue weighted by molar-refractivity contribution is 6.31. The Bertz CT molecular complexity index is 317. The number of pyridine rings is 1. The first-order chi connectivity index (χ1) is 6.29. The van der Waals surface area contributed by atoms with Gasteiger partial charge in [-0.2, -0.15) is 0 Å². The highest BCUT2D eigenvalue weighted by Crippen LogP contribution is 2.21. The van der Waals surface area contributed by atoms with Crippen LogP contribution in [0.25, 0.3) is 0 Å². The Balaban J connectivity index is 2.92. The summed E-state index contributed by atoms with van der Waals surface area (Å²) in [6, 6.07) is 3.65. The number of nitrogens with zero attached hydrogens (tertiary/aromatic N) is 1. The van der Waals surface area contributed by atoms with E-state index < -0.39 is 0 Å². The van der Waals surface area contributed by atoms with Crippen LogP contribution in [0.4, 0.5) is 0 Å². The maximum Gasteiger partial charge on any atom is 0.0768 e. The summed E-state index contributed by atoms with van der Waals surface area (Å²) in [6.07, 6.45) is 7.53. The first kappa shape index (κ1) is 10.0. The van der Waals surface area contributed by atoms with E-state index in [0.717, 1.165) is 5.69 Å². The molecule has 0 saturated heterocycles. The van der Waals surface area contributed by atoms with Gasteiger partial charge in [0.1, 0.15) is 0 Å². The standard InChI is InChI=1S/C10H11ClN2/c1-3-5-9(12-2)10-8(11)6-4-7-13-10/h1,4,6-7,9,12H,5H2,2H3. The maximum absolute atomic E-state index is 5.96. The average molecular weight is 195 g/mol. The zero-order chi connectivity index (χ0) is 9.68. The molecule has 0 aromatic carbocycles. The molecule has 0 fully saturated rings. The smallest absolute Gasteiger partial charge is 0.0768 e. The molecule has 0 aliphatic rings. The number of hydrogen-bond acceptors (Lipinski definition) is 2. The Kier molecular flexibility index (Phi) is 3.75. The van der Waals surface area contributed by atoms with Crippen LogP contribution in [0.5, 0.6) is 0 Å². The molecule has 1 aromatic rings. The summed E-state index contributed by atoms with van der Waals surface area (Å²) in [5, 5.41) is 3.72. The van der Waals surface area contributed by atoms with Gasteiger partial charge >= 0.3 is 0 Å². The van der Waals surface area contributed by atoms with E-state index in [9.17, 15) is 0 Å². The fourth-order valence-electron chi connectivity index (χ4n) is 1.11. The summed E-state index contributed by atoms with van der Waals surface area (Å²) in [5.41, 5.74) is 0.810. The van der Waals surface area contributed by atoms with Crippen molar-refractivity contribution in [3.63, 3.8) is 0 Å². The van der Waals surface area contributed by atoms with Crippen molar-refractivity contribution in [3.8, 4) is 12.3 Å². The van der Waals surface area contributed by atoms with Crippen LogP contribution in [0.2, 0.25) is 5.02 Å². The molecule has 1 heterocycles. The van der Waals surface area contributed by atoms with E-state index in [1.807, 2.05) is 13.1 Å². The van der Waals surface area contributed by atoms with Crippen LogP contribution in [-0.4, -0.2) is 12.0 Å². The normalized spacial score (nSPS) is 12.1. The van der Waals surface area contributed by atoms with Crippen LogP contribution in [0.3, 0.4) is 0 Å². The molecular formula is C10H11ClN2. The second-order valence-electron chi connectivity index (χ2n) is 2.62. The molecule has 0 bridgehead atoms. The second-order valence-corrected chi connectivity index (χ2v) is 3.03. The van der Waals surface area contributed by atoms with Gasteiger partial charge in [-0.3, -0.25) is 4.98 Å². The molecule has 0 spiro atoms. The van der Waals surface area contributed by atoms with Gasteiger partial charge in [-0.05, 0) is 19.2 Å². The van der Waals surface area contributed by atoms with Gasteiger partial charge in [0.2, 0.25) is 0 Å². The highest BCUT2D eigenvalue weighted by atomic mass is 35.5. The highest BCUT2D eigenvalue weighted by Gasteiger charge is 2.11. The summed E-state index contributed by atoms with van der Waals surface area (Å²) in [7, 11) is 1.84. The third-order valence-corrected chi connectivity index (χ3v) is 2.11. The van der Waals surface area contributed by atoms with Crippen molar-refractivity contribution in [2.45, 2.75) is 12.5 Å². The molecule has 1 aromatic heterocycles. The SMILES string of the molecule is C#CCC(NC)c1ncccc1Cl. The Morgan fingerprint density at radius 1 is 1.77 bits per heavy atom. The first-order valence-corrected chi connectivity index (χ1v) is 4.38. The second kappa shape index (κ2) is 4.86. The molecule has 68 valence electrons. The van der Waals surface area contributed by atoms with Gasteiger partial charge in [0.15, 0.2) is 0 Å². The van der Waals surface area contributed by atoms with Crippen molar-refractivity contribution >= 4 is 11.6 Å². The Labute approximate surface area is 83.3 Å². The number of halogens is 1. The third-order valence-electron chi connectivity index (χ3n) is 1.79. The van der Waals surface area contributed by atoms with Crippen LogP contribution in [-0.2, 0) is 0 Å². The fraction of sp³-hybridized carbons (Fsp3) is 0.300. The van der Waals surface area contributed by atoms with Crippen LogP contribution >= 0.6 is 11.6 Å². The van der Waals surface area contributed by atoms with Crippen molar-refractivity contribution in [2.75, 3.05) is 7.05 Å². The number of terminal acetylenes is 1. The van der Waals surface area contributed by atoms with Crippen molar-refractivity contribution in [2.24, 2.45) is 0 Å². The third kappa shape index (κ3) is 2.45. The minimum Gasteiger partial charge on any atom is -0.311 e. The van der Waals surface area contributed by atoms with Crippen molar-refractivity contribution in [1.29, 1.82) is 0 Å². The number of hydrogen-bond donors (Lipinski definition) is 1. The van der Waals surface area contributed by atoms with Crippen LogP contribution < -0.4 is 5.32 Å². The molecule has 2 nitrogen and oxygen atoms in total. The molecule has 0 saturated carbocycles. The largest absolute Gasteiger partial charge is 0.311 e. The van der Waals surface area contributed by atoms with E-state index in [1.165, 1.54) is 0 Å². The molecule has 0 amide bonds. The molecule has 13 heavy (non-hydrogen) atoms. The van der Waals surface area contributed by atoms with Crippen molar-refractivity contribution in [3.05, 3.63) is 29.0 Å². The lowest BCUT2D eigenvalue weighted by atomic mass is 10.1. The predicted molar refractivity (Wildman–Crippen MR) is 54.5 cm³/mol. The minimum atomic E-state index is 0.0405. The summed E-state index contributed by atoms with van der Waals surface area (Å²) in [4.78, 5) is 4.18. The van der Waals surface area contributed by atoms with E-state index in [-0.39, 0.29) is 6.04 Å². The molecule has 0 aliphatic heterocycles. The Hall–Kier alpha value is -1.04. The van der Waals surface area contributed by atoms with Gasteiger partial charge < -0.3 is 5.32 Å². The topological polar surface area (TPSA) is 24.9 Å². The zero-order valence-corrected chi connectivity index (χ0v) is 8.17. The Morgan fingerprint density at radius 2 is 2.54 bits per heavy atom. The van der Waals surface area contributed by atoms with E-state index in [0.29, 0.717) is 11.4 Å². The lowest BCUT2D eigenvalue weighted by Gasteiger charge is -2.13. The van der Waals surface area contributed by atoms with E-state index in [4.69, 9.17) is 18.0 Å². The monoisotopic (exact) mass is 194 g/mol. The van der Waals surface area contributed by atoms with E-state index in [2.05, 4.69) is 16.2 Å². The van der Waals surface area contributed by atoms with Gasteiger partial charge in [0.05, 0.1) is 16.8 Å². The first-order valence-electron chi connectivity index (χ1n) is 4.00. The minimum absolute atomic E-state index is 0.0405. The molecule has 1 N–H and O–H groups in total. The lowest BCUT2D eigenvalue weighted by molar-refractivity contribution is 0.594.